The summed E-state index contributed by atoms with van der Waals surface area (Å²) in [6.45, 7) is 2.27. The number of nitrogens with two attached hydrogens (primary N) is 1. The lowest BCUT2D eigenvalue weighted by Crippen LogP contribution is -2.44. The van der Waals surface area contributed by atoms with Gasteiger partial charge in [0.15, 0.2) is 0 Å². The van der Waals surface area contributed by atoms with Crippen LogP contribution in [0, 0.1) is 5.92 Å². The summed E-state index contributed by atoms with van der Waals surface area (Å²) in [5.74, 6) is -0.343. The van der Waals surface area contributed by atoms with Crippen LogP contribution in [0.5, 0.6) is 0 Å². The van der Waals surface area contributed by atoms with Crippen LogP contribution in [-0.4, -0.2) is 25.4 Å². The summed E-state index contributed by atoms with van der Waals surface area (Å²) >= 11 is 0. The summed E-state index contributed by atoms with van der Waals surface area (Å²) < 4.78 is 9.54. The van der Waals surface area contributed by atoms with E-state index in [9.17, 15) is 4.79 Å². The van der Waals surface area contributed by atoms with Crippen molar-refractivity contribution < 1.29 is 14.3 Å². The molecule has 66 valence electrons. The number of rotatable bonds is 2. The van der Waals surface area contributed by atoms with Crippen LogP contribution in [0.1, 0.15) is 6.92 Å². The van der Waals surface area contributed by atoms with Gasteiger partial charge in [0.1, 0.15) is 12.6 Å². The second-order valence-corrected chi connectivity index (χ2v) is 2.27. The quantitative estimate of drug-likeness (QED) is 0.478. The van der Waals surface area contributed by atoms with Gasteiger partial charge in [-0.1, -0.05) is 0 Å². The van der Waals surface area contributed by atoms with E-state index < -0.39 is 0 Å². The topological polar surface area (TPSA) is 61.5 Å². The predicted molar refractivity (Wildman–Crippen MR) is 41.3 cm³/mol. The molecule has 1 saturated heterocycles. The third-order valence-corrected chi connectivity index (χ3v) is 1.63. The van der Waals surface area contributed by atoms with E-state index in [1.807, 2.05) is 6.92 Å². The van der Waals surface area contributed by atoms with Gasteiger partial charge in [0.05, 0.1) is 12.7 Å². The minimum Gasteiger partial charge on any atom is -0.450 e. The summed E-state index contributed by atoms with van der Waals surface area (Å²) in [4.78, 5) is 10.9. The molecule has 0 aromatic heterocycles. The van der Waals surface area contributed by atoms with Crippen molar-refractivity contribution >= 4 is 18.4 Å². The zero-order valence-electron chi connectivity index (χ0n) is 6.28. The maximum Gasteiger partial charge on any atom is 0.315 e. The van der Waals surface area contributed by atoms with Crippen molar-refractivity contribution in [3.05, 3.63) is 0 Å². The van der Waals surface area contributed by atoms with E-state index >= 15 is 0 Å². The summed E-state index contributed by atoms with van der Waals surface area (Å²) in [7, 11) is 0. The molecule has 2 N–H and O–H groups in total. The van der Waals surface area contributed by atoms with Crippen molar-refractivity contribution in [2.24, 2.45) is 11.7 Å². The van der Waals surface area contributed by atoms with E-state index in [4.69, 9.17) is 10.5 Å². The van der Waals surface area contributed by atoms with Crippen LogP contribution >= 0.6 is 12.4 Å². The first kappa shape index (κ1) is 10.7. The second kappa shape index (κ2) is 4.54. The smallest absolute Gasteiger partial charge is 0.315 e. The number of hydrogen-bond acceptors (Lipinski definition) is 4. The molecule has 1 aliphatic heterocycles. The molecule has 2 unspecified atom stereocenters. The summed E-state index contributed by atoms with van der Waals surface area (Å²) in [6.07, 6.45) is -0.000880. The molecule has 0 spiro atoms. The molecule has 1 fully saturated rings. The highest BCUT2D eigenvalue weighted by atomic mass is 35.5. The highest BCUT2D eigenvalue weighted by Gasteiger charge is 2.35. The van der Waals surface area contributed by atoms with Crippen molar-refractivity contribution in [3.8, 4) is 0 Å². The van der Waals surface area contributed by atoms with Crippen LogP contribution in [0.15, 0.2) is 0 Å². The minimum absolute atomic E-state index is 0. The third kappa shape index (κ3) is 2.32. The Morgan fingerprint density at radius 1 is 1.82 bits per heavy atom. The van der Waals surface area contributed by atoms with Crippen molar-refractivity contribution in [2.75, 3.05) is 13.3 Å². The molecule has 0 radical (unpaired) electrons. The van der Waals surface area contributed by atoms with Gasteiger partial charge in [0.25, 0.3) is 0 Å². The number of carbonyl (C=O) groups is 1. The number of hydrogen-bond donors (Lipinski definition) is 1. The molecule has 0 aliphatic carbocycles. The Labute approximate surface area is 71.4 Å². The van der Waals surface area contributed by atoms with Gasteiger partial charge in [-0.25, -0.2) is 0 Å². The van der Waals surface area contributed by atoms with Gasteiger partial charge >= 0.3 is 5.97 Å². The fourth-order valence-corrected chi connectivity index (χ4v) is 0.834. The van der Waals surface area contributed by atoms with Gasteiger partial charge in [-0.05, 0) is 6.92 Å². The maximum atomic E-state index is 10.9. The number of halogens is 1. The van der Waals surface area contributed by atoms with E-state index in [0.717, 1.165) is 0 Å². The van der Waals surface area contributed by atoms with Crippen LogP contribution < -0.4 is 5.73 Å². The molecule has 0 aromatic rings. The van der Waals surface area contributed by atoms with Crippen LogP contribution in [0.25, 0.3) is 0 Å². The van der Waals surface area contributed by atoms with E-state index in [0.29, 0.717) is 6.61 Å². The van der Waals surface area contributed by atoms with Crippen molar-refractivity contribution in [2.45, 2.75) is 13.0 Å². The van der Waals surface area contributed by atoms with Gasteiger partial charge in [-0.15, -0.1) is 12.4 Å². The molecular formula is C6H12ClNO3. The number of ether oxygens (including phenoxy) is 2. The lowest BCUT2D eigenvalue weighted by atomic mass is 10.0. The van der Waals surface area contributed by atoms with Crippen LogP contribution in [0.2, 0.25) is 0 Å². The van der Waals surface area contributed by atoms with E-state index in [-0.39, 0.29) is 37.1 Å². The SMILES string of the molecule is CC1OCC1C(=O)OCN.Cl. The Morgan fingerprint density at radius 2 is 2.45 bits per heavy atom. The summed E-state index contributed by atoms with van der Waals surface area (Å²) in [6, 6.07) is 0. The Kier molecular flexibility index (Phi) is 4.40. The molecule has 2 atom stereocenters. The Hall–Kier alpha value is -0.320. The first-order chi connectivity index (χ1) is 4.75. The Balaban J connectivity index is 0.000001000. The Morgan fingerprint density at radius 3 is 2.73 bits per heavy atom. The standard InChI is InChI=1S/C6H11NO3.ClH/c1-4-5(2-9-4)6(8)10-3-7;/h4-5H,2-3,7H2,1H3;1H. The number of carbonyl (C=O) groups excluding carboxylic acids is 1. The lowest BCUT2D eigenvalue weighted by Gasteiger charge is -2.31. The molecule has 1 heterocycles. The molecule has 11 heavy (non-hydrogen) atoms. The van der Waals surface area contributed by atoms with E-state index in [1.165, 1.54) is 0 Å². The normalized spacial score (nSPS) is 28.2. The first-order valence-corrected chi connectivity index (χ1v) is 3.24. The fraction of sp³-hybridized carbons (Fsp3) is 0.833. The molecule has 0 amide bonds. The molecule has 5 heteroatoms. The highest BCUT2D eigenvalue weighted by Crippen LogP contribution is 2.20. The van der Waals surface area contributed by atoms with Gasteiger partial charge < -0.3 is 9.47 Å². The molecule has 0 aromatic carbocycles. The Bertz CT molecular complexity index is 142. The average molecular weight is 182 g/mol. The molecule has 1 aliphatic rings. The van der Waals surface area contributed by atoms with E-state index in [1.54, 1.807) is 0 Å². The summed E-state index contributed by atoms with van der Waals surface area (Å²) in [5.41, 5.74) is 5.01. The number of esters is 1. The lowest BCUT2D eigenvalue weighted by molar-refractivity contribution is -0.175. The molecular weight excluding hydrogens is 170 g/mol. The molecule has 0 saturated carbocycles. The van der Waals surface area contributed by atoms with Crippen LogP contribution in [0.4, 0.5) is 0 Å². The van der Waals surface area contributed by atoms with Crippen molar-refractivity contribution in [1.82, 2.24) is 0 Å². The van der Waals surface area contributed by atoms with E-state index in [2.05, 4.69) is 4.74 Å². The zero-order chi connectivity index (χ0) is 7.56. The third-order valence-electron chi connectivity index (χ3n) is 1.63. The molecule has 0 bridgehead atoms. The van der Waals surface area contributed by atoms with Gasteiger partial charge in [0, 0.05) is 0 Å². The van der Waals surface area contributed by atoms with Gasteiger partial charge in [0.2, 0.25) is 0 Å². The van der Waals surface area contributed by atoms with Gasteiger partial charge in [-0.2, -0.15) is 0 Å². The largest absolute Gasteiger partial charge is 0.450 e. The predicted octanol–water partition coefficient (Wildman–Crippen LogP) is -0.0975. The molecule has 1 rings (SSSR count). The first-order valence-electron chi connectivity index (χ1n) is 3.24. The molecule has 4 nitrogen and oxygen atoms in total. The van der Waals surface area contributed by atoms with Gasteiger partial charge in [-0.3, -0.25) is 10.5 Å². The maximum absolute atomic E-state index is 10.9. The monoisotopic (exact) mass is 181 g/mol. The summed E-state index contributed by atoms with van der Waals surface area (Å²) in [5, 5.41) is 0. The van der Waals surface area contributed by atoms with Crippen molar-refractivity contribution in [1.29, 1.82) is 0 Å². The average Bonchev–Trinajstić information content (AvgIpc) is 1.85. The fourth-order valence-electron chi connectivity index (χ4n) is 0.834. The van der Waals surface area contributed by atoms with Crippen molar-refractivity contribution in [3.63, 3.8) is 0 Å². The van der Waals surface area contributed by atoms with Crippen LogP contribution in [-0.2, 0) is 14.3 Å². The zero-order valence-corrected chi connectivity index (χ0v) is 7.10. The van der Waals surface area contributed by atoms with Crippen LogP contribution in [0.3, 0.4) is 0 Å². The minimum atomic E-state index is -0.249. The highest BCUT2D eigenvalue weighted by molar-refractivity contribution is 5.85. The second-order valence-electron chi connectivity index (χ2n) is 2.27.